The molecule has 1 aromatic rings. The van der Waals surface area contributed by atoms with Crippen molar-refractivity contribution in [1.82, 2.24) is 5.32 Å². The first-order valence-electron chi connectivity index (χ1n) is 5.41. The Bertz CT molecular complexity index is 356. The second-order valence-electron chi connectivity index (χ2n) is 4.19. The van der Waals surface area contributed by atoms with Gasteiger partial charge in [-0.1, -0.05) is 24.3 Å². The van der Waals surface area contributed by atoms with Gasteiger partial charge in [-0.05, 0) is 29.9 Å². The van der Waals surface area contributed by atoms with Crippen molar-refractivity contribution >= 4 is 0 Å². The first kappa shape index (κ1) is 11.5. The fraction of sp³-hybridized carbons (Fsp3) is 0.500. The van der Waals surface area contributed by atoms with E-state index in [1.165, 1.54) is 5.56 Å². The molecule has 0 bridgehead atoms. The maximum Gasteiger partial charge on any atom is 0.401 e. The molecule has 0 aliphatic heterocycles. The first-order chi connectivity index (χ1) is 7.56. The van der Waals surface area contributed by atoms with Gasteiger partial charge in [0, 0.05) is 6.54 Å². The van der Waals surface area contributed by atoms with Crippen molar-refractivity contribution in [2.24, 2.45) is 0 Å². The van der Waals surface area contributed by atoms with Gasteiger partial charge in [0.1, 0.15) is 0 Å². The molecule has 4 heteroatoms. The van der Waals surface area contributed by atoms with Crippen molar-refractivity contribution in [1.29, 1.82) is 0 Å². The van der Waals surface area contributed by atoms with E-state index >= 15 is 0 Å². The quantitative estimate of drug-likeness (QED) is 0.835. The molecular weight excluding hydrogens is 215 g/mol. The molecule has 0 heterocycles. The van der Waals surface area contributed by atoms with E-state index in [1.54, 1.807) is 0 Å². The summed E-state index contributed by atoms with van der Waals surface area (Å²) in [5.41, 5.74) is 2.20. The number of halogens is 3. The summed E-state index contributed by atoms with van der Waals surface area (Å²) in [5, 5.41) is 2.44. The number of nitrogens with one attached hydrogen (secondary N) is 1. The Morgan fingerprint density at radius 3 is 2.50 bits per heavy atom. The van der Waals surface area contributed by atoms with Gasteiger partial charge in [-0.3, -0.25) is 0 Å². The van der Waals surface area contributed by atoms with E-state index < -0.39 is 12.7 Å². The number of benzene rings is 1. The lowest BCUT2D eigenvalue weighted by molar-refractivity contribution is -0.125. The average molecular weight is 229 g/mol. The van der Waals surface area contributed by atoms with E-state index in [0.717, 1.165) is 18.4 Å². The van der Waals surface area contributed by atoms with Crippen molar-refractivity contribution in [3.63, 3.8) is 0 Å². The molecule has 1 nitrogen and oxygen atoms in total. The van der Waals surface area contributed by atoms with Gasteiger partial charge in [0.15, 0.2) is 0 Å². The molecule has 0 unspecified atom stereocenters. The standard InChI is InChI=1S/C12H14F3N/c13-12(14,15)8-16-7-10-3-1-2-4-11(10)9-5-6-9/h1-4,9,16H,5-8H2. The largest absolute Gasteiger partial charge is 0.401 e. The molecule has 88 valence electrons. The summed E-state index contributed by atoms with van der Waals surface area (Å²) in [6.07, 6.45) is -1.80. The van der Waals surface area contributed by atoms with Crippen molar-refractivity contribution in [2.45, 2.75) is 31.5 Å². The van der Waals surface area contributed by atoms with Crippen molar-refractivity contribution < 1.29 is 13.2 Å². The fourth-order valence-electron chi connectivity index (χ4n) is 1.83. The molecule has 1 saturated carbocycles. The molecule has 16 heavy (non-hydrogen) atoms. The van der Waals surface area contributed by atoms with Gasteiger partial charge in [0.05, 0.1) is 6.54 Å². The van der Waals surface area contributed by atoms with Crippen LogP contribution in [0.5, 0.6) is 0 Å². The van der Waals surface area contributed by atoms with Gasteiger partial charge in [-0.15, -0.1) is 0 Å². The van der Waals surface area contributed by atoms with Gasteiger partial charge in [-0.2, -0.15) is 13.2 Å². The van der Waals surface area contributed by atoms with Crippen LogP contribution in [0.2, 0.25) is 0 Å². The highest BCUT2D eigenvalue weighted by Crippen LogP contribution is 2.41. The molecule has 0 aromatic heterocycles. The van der Waals surface area contributed by atoms with Gasteiger partial charge in [-0.25, -0.2) is 0 Å². The van der Waals surface area contributed by atoms with Gasteiger partial charge >= 0.3 is 6.18 Å². The third kappa shape index (κ3) is 3.23. The highest BCUT2D eigenvalue weighted by Gasteiger charge is 2.28. The predicted octanol–water partition coefficient (Wildman–Crippen LogP) is 3.22. The second kappa shape index (κ2) is 4.45. The second-order valence-corrected chi connectivity index (χ2v) is 4.19. The Kier molecular flexibility index (Phi) is 3.19. The van der Waals surface area contributed by atoms with Crippen molar-refractivity contribution in [2.75, 3.05) is 6.54 Å². The summed E-state index contributed by atoms with van der Waals surface area (Å²) in [6, 6.07) is 7.73. The minimum Gasteiger partial charge on any atom is -0.305 e. The lowest BCUT2D eigenvalue weighted by Crippen LogP contribution is -2.28. The zero-order valence-corrected chi connectivity index (χ0v) is 8.85. The number of hydrogen-bond donors (Lipinski definition) is 1. The topological polar surface area (TPSA) is 12.0 Å². The van der Waals surface area contributed by atoms with E-state index in [-0.39, 0.29) is 0 Å². The van der Waals surface area contributed by atoms with Gasteiger partial charge in [0.2, 0.25) is 0 Å². The van der Waals surface area contributed by atoms with E-state index in [1.807, 2.05) is 24.3 Å². The van der Waals surface area contributed by atoms with Crippen LogP contribution in [0, 0.1) is 0 Å². The molecule has 0 atom stereocenters. The molecule has 1 aliphatic carbocycles. The third-order valence-corrected chi connectivity index (χ3v) is 2.71. The highest BCUT2D eigenvalue weighted by molar-refractivity contribution is 5.33. The van der Waals surface area contributed by atoms with Crippen LogP contribution in [0.1, 0.15) is 29.9 Å². The maximum absolute atomic E-state index is 12.0. The summed E-state index contributed by atoms with van der Waals surface area (Å²) in [4.78, 5) is 0. The molecule has 1 aliphatic rings. The SMILES string of the molecule is FC(F)(F)CNCc1ccccc1C1CC1. The van der Waals surface area contributed by atoms with Crippen molar-refractivity contribution in [3.8, 4) is 0 Å². The summed E-state index contributed by atoms with van der Waals surface area (Å²) >= 11 is 0. The van der Waals surface area contributed by atoms with Gasteiger partial charge < -0.3 is 5.32 Å². The van der Waals surface area contributed by atoms with E-state index in [0.29, 0.717) is 12.5 Å². The Balaban J connectivity index is 1.93. The van der Waals surface area contributed by atoms with E-state index in [4.69, 9.17) is 0 Å². The first-order valence-corrected chi connectivity index (χ1v) is 5.41. The molecular formula is C12H14F3N. The lowest BCUT2D eigenvalue weighted by Gasteiger charge is -2.11. The zero-order valence-electron chi connectivity index (χ0n) is 8.85. The minimum absolute atomic E-state index is 0.298. The average Bonchev–Trinajstić information content (AvgIpc) is 3.00. The summed E-state index contributed by atoms with van der Waals surface area (Å²) < 4.78 is 35.9. The Morgan fingerprint density at radius 2 is 1.88 bits per heavy atom. The smallest absolute Gasteiger partial charge is 0.305 e. The van der Waals surface area contributed by atoms with Crippen LogP contribution in [-0.4, -0.2) is 12.7 Å². The predicted molar refractivity (Wildman–Crippen MR) is 56.2 cm³/mol. The number of hydrogen-bond acceptors (Lipinski definition) is 1. The molecule has 1 N–H and O–H groups in total. The molecule has 0 amide bonds. The molecule has 0 spiro atoms. The molecule has 2 rings (SSSR count). The summed E-state index contributed by atoms with van der Waals surface area (Å²) in [7, 11) is 0. The van der Waals surface area contributed by atoms with Crippen LogP contribution >= 0.6 is 0 Å². The van der Waals surface area contributed by atoms with E-state index in [2.05, 4.69) is 5.32 Å². The van der Waals surface area contributed by atoms with Crippen molar-refractivity contribution in [3.05, 3.63) is 35.4 Å². The minimum atomic E-state index is -4.13. The maximum atomic E-state index is 12.0. The van der Waals surface area contributed by atoms with Crippen LogP contribution in [0.3, 0.4) is 0 Å². The Morgan fingerprint density at radius 1 is 1.19 bits per heavy atom. The summed E-state index contributed by atoms with van der Waals surface area (Å²) in [6.45, 7) is -0.627. The lowest BCUT2D eigenvalue weighted by atomic mass is 10.0. The van der Waals surface area contributed by atoms with Crippen LogP contribution in [-0.2, 0) is 6.54 Å². The normalized spacial score (nSPS) is 16.4. The van der Waals surface area contributed by atoms with E-state index in [9.17, 15) is 13.2 Å². The number of rotatable bonds is 4. The third-order valence-electron chi connectivity index (χ3n) is 2.71. The Hall–Kier alpha value is -1.03. The Labute approximate surface area is 92.7 Å². The zero-order chi connectivity index (χ0) is 11.6. The molecule has 1 fully saturated rings. The number of alkyl halides is 3. The molecule has 0 saturated heterocycles. The molecule has 0 radical (unpaired) electrons. The van der Waals surface area contributed by atoms with Crippen LogP contribution < -0.4 is 5.32 Å². The summed E-state index contributed by atoms with van der Waals surface area (Å²) in [5.74, 6) is 0.573. The van der Waals surface area contributed by atoms with Crippen LogP contribution in [0.15, 0.2) is 24.3 Å². The van der Waals surface area contributed by atoms with Crippen LogP contribution in [0.25, 0.3) is 0 Å². The monoisotopic (exact) mass is 229 g/mol. The van der Waals surface area contributed by atoms with Crippen LogP contribution in [0.4, 0.5) is 13.2 Å². The highest BCUT2D eigenvalue weighted by atomic mass is 19.4. The van der Waals surface area contributed by atoms with Gasteiger partial charge in [0.25, 0.3) is 0 Å². The molecule has 1 aromatic carbocycles. The fourth-order valence-corrected chi connectivity index (χ4v) is 1.83.